The number of carbonyl (C=O) groups is 1. The second-order valence-corrected chi connectivity index (χ2v) is 6.45. The molecule has 1 saturated heterocycles. The fourth-order valence-corrected chi connectivity index (χ4v) is 3.68. The van der Waals surface area contributed by atoms with Gasteiger partial charge in [-0.15, -0.1) is 36.2 Å². The van der Waals surface area contributed by atoms with Crippen LogP contribution < -0.4 is 5.73 Å². The molecule has 0 radical (unpaired) electrons. The maximum atomic E-state index is 12.7. The number of piperidine rings is 1. The van der Waals surface area contributed by atoms with Crippen LogP contribution in [0.3, 0.4) is 0 Å². The minimum atomic E-state index is 0. The lowest BCUT2D eigenvalue weighted by Gasteiger charge is -2.30. The van der Waals surface area contributed by atoms with Crippen molar-refractivity contribution in [1.82, 2.24) is 9.88 Å². The number of halogens is 2. The fraction of sp³-hybridized carbons (Fsp3) is 0.375. The molecule has 1 aliphatic rings. The monoisotopic (exact) mass is 373 g/mol. The smallest absolute Gasteiger partial charge is 0.265 e. The second kappa shape index (κ2) is 8.64. The summed E-state index contributed by atoms with van der Waals surface area (Å²) in [6.45, 7) is 3.35. The topological polar surface area (TPSA) is 59.2 Å². The van der Waals surface area contributed by atoms with Crippen LogP contribution in [0.1, 0.15) is 28.2 Å². The molecule has 0 saturated carbocycles. The number of nitrogens with zero attached hydrogens (tertiary/aromatic N) is 2. The number of benzene rings is 1. The summed E-state index contributed by atoms with van der Waals surface area (Å²) in [6.07, 6.45) is 1.98. The lowest BCUT2D eigenvalue weighted by Crippen LogP contribution is -2.45. The Morgan fingerprint density at radius 2 is 2.00 bits per heavy atom. The quantitative estimate of drug-likeness (QED) is 0.875. The molecule has 2 aromatic rings. The van der Waals surface area contributed by atoms with Gasteiger partial charge in [0.25, 0.3) is 5.91 Å². The maximum absolute atomic E-state index is 12.7. The Labute approximate surface area is 152 Å². The Morgan fingerprint density at radius 3 is 2.65 bits per heavy atom. The summed E-state index contributed by atoms with van der Waals surface area (Å²) < 4.78 is 0. The average Bonchev–Trinajstić information content (AvgIpc) is 2.89. The Bertz CT molecular complexity index is 648. The molecule has 1 aromatic carbocycles. The second-order valence-electron chi connectivity index (χ2n) is 5.45. The summed E-state index contributed by atoms with van der Waals surface area (Å²) in [5, 5.41) is 0.901. The molecule has 0 aliphatic carbocycles. The third-order valence-electron chi connectivity index (χ3n) is 3.76. The van der Waals surface area contributed by atoms with E-state index >= 15 is 0 Å². The van der Waals surface area contributed by atoms with Gasteiger partial charge in [-0.1, -0.05) is 30.3 Å². The average molecular weight is 374 g/mol. The number of rotatable bonds is 2. The van der Waals surface area contributed by atoms with Crippen molar-refractivity contribution in [3.8, 4) is 10.6 Å². The lowest BCUT2D eigenvalue weighted by molar-refractivity contribution is 0.0713. The number of carbonyl (C=O) groups excluding carboxylic acids is 1. The Balaban J connectivity index is 0.00000132. The first-order valence-electron chi connectivity index (χ1n) is 7.23. The molecule has 1 aliphatic heterocycles. The standard InChI is InChI=1S/C16H19N3OS.2ClH/c1-11-14(16(20)19-9-5-8-13(17)10-19)21-15(18-11)12-6-3-2-4-7-12;;/h2-4,6-7,13H,5,8-10,17H2,1H3;2*1H. The number of nitrogens with two attached hydrogens (primary N) is 1. The first-order chi connectivity index (χ1) is 10.1. The van der Waals surface area contributed by atoms with E-state index in [9.17, 15) is 4.79 Å². The zero-order chi connectivity index (χ0) is 14.8. The fourth-order valence-electron chi connectivity index (χ4n) is 2.64. The first kappa shape index (κ1) is 19.9. The summed E-state index contributed by atoms with van der Waals surface area (Å²) in [7, 11) is 0. The molecule has 7 heteroatoms. The molecule has 1 amide bonds. The highest BCUT2D eigenvalue weighted by molar-refractivity contribution is 7.17. The highest BCUT2D eigenvalue weighted by Crippen LogP contribution is 2.29. The number of thiazole rings is 1. The van der Waals surface area contributed by atoms with Crippen LogP contribution in [-0.2, 0) is 0 Å². The van der Waals surface area contributed by atoms with Gasteiger partial charge in [0.05, 0.1) is 5.69 Å². The van der Waals surface area contributed by atoms with E-state index in [4.69, 9.17) is 5.73 Å². The largest absolute Gasteiger partial charge is 0.336 e. The molecule has 126 valence electrons. The third kappa shape index (κ3) is 4.44. The molecular weight excluding hydrogens is 353 g/mol. The normalized spacial score (nSPS) is 17.1. The van der Waals surface area contributed by atoms with Crippen molar-refractivity contribution in [2.24, 2.45) is 5.73 Å². The maximum Gasteiger partial charge on any atom is 0.265 e. The molecule has 1 fully saturated rings. The van der Waals surface area contributed by atoms with Crippen molar-refractivity contribution >= 4 is 42.1 Å². The highest BCUT2D eigenvalue weighted by atomic mass is 35.5. The van der Waals surface area contributed by atoms with Crippen LogP contribution in [-0.4, -0.2) is 34.9 Å². The molecule has 2 N–H and O–H groups in total. The van der Waals surface area contributed by atoms with E-state index in [0.717, 1.165) is 40.5 Å². The van der Waals surface area contributed by atoms with Crippen molar-refractivity contribution < 1.29 is 4.79 Å². The molecule has 23 heavy (non-hydrogen) atoms. The summed E-state index contributed by atoms with van der Waals surface area (Å²) in [6, 6.07) is 10.1. The zero-order valence-corrected chi connectivity index (χ0v) is 15.3. The Kier molecular flexibility index (Phi) is 7.48. The van der Waals surface area contributed by atoms with Gasteiger partial charge in [-0.25, -0.2) is 4.98 Å². The van der Waals surface area contributed by atoms with Crippen molar-refractivity contribution in [3.63, 3.8) is 0 Å². The van der Waals surface area contributed by atoms with E-state index in [1.54, 1.807) is 0 Å². The van der Waals surface area contributed by atoms with Crippen LogP contribution in [0.15, 0.2) is 30.3 Å². The van der Waals surface area contributed by atoms with Gasteiger partial charge >= 0.3 is 0 Å². The number of amides is 1. The van der Waals surface area contributed by atoms with E-state index in [2.05, 4.69) is 4.98 Å². The molecule has 3 rings (SSSR count). The van der Waals surface area contributed by atoms with E-state index in [1.165, 1.54) is 11.3 Å². The van der Waals surface area contributed by atoms with E-state index < -0.39 is 0 Å². The molecule has 1 aromatic heterocycles. The summed E-state index contributed by atoms with van der Waals surface area (Å²) in [5.41, 5.74) is 7.83. The van der Waals surface area contributed by atoms with Gasteiger partial charge in [0.1, 0.15) is 9.88 Å². The number of likely N-dealkylation sites (tertiary alicyclic amines) is 1. The first-order valence-corrected chi connectivity index (χ1v) is 8.04. The SMILES string of the molecule is Cc1nc(-c2ccccc2)sc1C(=O)N1CCCC(N)C1.Cl.Cl. The molecule has 1 unspecified atom stereocenters. The van der Waals surface area contributed by atoms with E-state index in [1.807, 2.05) is 42.2 Å². The van der Waals surface area contributed by atoms with Gasteiger partial charge in [-0.3, -0.25) is 4.79 Å². The van der Waals surface area contributed by atoms with Crippen molar-refractivity contribution in [2.45, 2.75) is 25.8 Å². The summed E-state index contributed by atoms with van der Waals surface area (Å²) in [5.74, 6) is 0.0716. The highest BCUT2D eigenvalue weighted by Gasteiger charge is 2.25. The van der Waals surface area contributed by atoms with Crippen LogP contribution in [0.25, 0.3) is 10.6 Å². The van der Waals surface area contributed by atoms with Gasteiger partial charge in [0.2, 0.25) is 0 Å². The van der Waals surface area contributed by atoms with Crippen LogP contribution in [0.4, 0.5) is 0 Å². The van der Waals surface area contributed by atoms with Crippen molar-refractivity contribution in [1.29, 1.82) is 0 Å². The minimum absolute atomic E-state index is 0. The Hall–Kier alpha value is -1.14. The molecule has 1 atom stereocenters. The molecule has 0 spiro atoms. The predicted octanol–water partition coefficient (Wildman–Crippen LogP) is 3.53. The number of hydrogen-bond donors (Lipinski definition) is 1. The lowest BCUT2D eigenvalue weighted by atomic mass is 10.1. The summed E-state index contributed by atoms with van der Waals surface area (Å²) in [4.78, 5) is 19.8. The molecule has 2 heterocycles. The van der Waals surface area contributed by atoms with E-state index in [0.29, 0.717) is 6.54 Å². The molecule has 4 nitrogen and oxygen atoms in total. The number of aromatic nitrogens is 1. The van der Waals surface area contributed by atoms with Crippen LogP contribution in [0, 0.1) is 6.92 Å². The van der Waals surface area contributed by atoms with Gasteiger partial charge in [-0.2, -0.15) is 0 Å². The van der Waals surface area contributed by atoms with Crippen LogP contribution in [0.2, 0.25) is 0 Å². The van der Waals surface area contributed by atoms with Gasteiger partial charge in [0.15, 0.2) is 0 Å². The molecule has 0 bridgehead atoms. The van der Waals surface area contributed by atoms with Crippen LogP contribution >= 0.6 is 36.2 Å². The van der Waals surface area contributed by atoms with Gasteiger partial charge < -0.3 is 10.6 Å². The van der Waals surface area contributed by atoms with Gasteiger partial charge in [-0.05, 0) is 19.8 Å². The summed E-state index contributed by atoms with van der Waals surface area (Å²) >= 11 is 1.47. The number of hydrogen-bond acceptors (Lipinski definition) is 4. The zero-order valence-electron chi connectivity index (χ0n) is 12.9. The molecular formula is C16H21Cl2N3OS. The van der Waals surface area contributed by atoms with Gasteiger partial charge in [0, 0.05) is 24.7 Å². The minimum Gasteiger partial charge on any atom is -0.336 e. The van der Waals surface area contributed by atoms with Crippen molar-refractivity contribution in [3.05, 3.63) is 40.9 Å². The van der Waals surface area contributed by atoms with E-state index in [-0.39, 0.29) is 36.8 Å². The van der Waals surface area contributed by atoms with Crippen LogP contribution in [0.5, 0.6) is 0 Å². The Morgan fingerprint density at radius 1 is 1.30 bits per heavy atom. The third-order valence-corrected chi connectivity index (χ3v) is 4.95. The number of aryl methyl sites for hydroxylation is 1. The predicted molar refractivity (Wildman–Crippen MR) is 99.9 cm³/mol. The van der Waals surface area contributed by atoms with Crippen molar-refractivity contribution in [2.75, 3.05) is 13.1 Å².